The first kappa shape index (κ1) is 15.8. The first-order valence-electron chi connectivity index (χ1n) is 6.80. The molecule has 0 bridgehead atoms. The molecule has 0 radical (unpaired) electrons. The molecule has 1 amide bonds. The lowest BCUT2D eigenvalue weighted by molar-refractivity contribution is 0.187. The highest BCUT2D eigenvalue weighted by atomic mass is 19.1. The van der Waals surface area contributed by atoms with Crippen LogP contribution in [0.2, 0.25) is 0 Å². The van der Waals surface area contributed by atoms with Gasteiger partial charge in [-0.15, -0.1) is 0 Å². The van der Waals surface area contributed by atoms with Crippen molar-refractivity contribution in [1.29, 1.82) is 0 Å². The van der Waals surface area contributed by atoms with Crippen molar-refractivity contribution in [2.45, 2.75) is 20.4 Å². The Morgan fingerprint density at radius 3 is 2.68 bits per heavy atom. The van der Waals surface area contributed by atoms with Crippen molar-refractivity contribution < 1.29 is 13.9 Å². The zero-order valence-electron chi connectivity index (χ0n) is 13.0. The zero-order valence-corrected chi connectivity index (χ0v) is 13.0. The van der Waals surface area contributed by atoms with Gasteiger partial charge in [-0.25, -0.2) is 9.18 Å². The number of halogens is 1. The third-order valence-electron chi connectivity index (χ3n) is 3.52. The molecule has 2 aromatic rings. The normalized spacial score (nSPS) is 10.4. The van der Waals surface area contributed by atoms with E-state index in [0.29, 0.717) is 12.2 Å². The van der Waals surface area contributed by atoms with Crippen molar-refractivity contribution in [3.8, 4) is 0 Å². The maximum atomic E-state index is 13.9. The predicted octanol–water partition coefficient (Wildman–Crippen LogP) is 2.97. The molecular weight excluding hydrogens is 287 g/mol. The number of carbonyl (C=O) groups is 1. The van der Waals surface area contributed by atoms with E-state index in [4.69, 9.17) is 0 Å². The number of aryl methyl sites for hydroxylation is 2. The molecule has 0 aliphatic heterocycles. The molecule has 1 heterocycles. The molecule has 2 N–H and O–H groups in total. The summed E-state index contributed by atoms with van der Waals surface area (Å²) in [5.74, 6) is -0.532. The lowest BCUT2D eigenvalue weighted by Gasteiger charge is -2.10. The first-order chi connectivity index (χ1) is 10.4. The smallest absolute Gasteiger partial charge is 0.411 e. The number of carbonyl (C=O) groups excluding carboxylic acids is 1. The number of hydrogen-bond donors (Lipinski definition) is 2. The molecule has 0 unspecified atom stereocenters. The highest BCUT2D eigenvalue weighted by Crippen LogP contribution is 2.21. The van der Waals surface area contributed by atoms with Gasteiger partial charge in [0, 0.05) is 30.5 Å². The molecule has 118 valence electrons. The van der Waals surface area contributed by atoms with Gasteiger partial charge in [-0.2, -0.15) is 5.10 Å². The summed E-state index contributed by atoms with van der Waals surface area (Å²) in [6.45, 7) is 4.48. The van der Waals surface area contributed by atoms with Crippen molar-refractivity contribution >= 4 is 17.5 Å². The van der Waals surface area contributed by atoms with Gasteiger partial charge >= 0.3 is 6.09 Å². The lowest BCUT2D eigenvalue weighted by Crippen LogP contribution is -2.12. The molecule has 2 rings (SSSR count). The van der Waals surface area contributed by atoms with E-state index in [-0.39, 0.29) is 5.69 Å². The Bertz CT molecular complexity index is 697. The van der Waals surface area contributed by atoms with Crippen LogP contribution in [0.3, 0.4) is 0 Å². The Hall–Kier alpha value is -2.57. The second-order valence-corrected chi connectivity index (χ2v) is 4.94. The van der Waals surface area contributed by atoms with E-state index in [2.05, 4.69) is 20.5 Å². The SMILES string of the molecule is COC(=O)Nc1ccc(NCc2c(C)nn(C)c2C)cc1F. The lowest BCUT2D eigenvalue weighted by atomic mass is 10.2. The molecular formula is C15H19FN4O2. The number of benzene rings is 1. The summed E-state index contributed by atoms with van der Waals surface area (Å²) in [6, 6.07) is 4.50. The monoisotopic (exact) mass is 306 g/mol. The van der Waals surface area contributed by atoms with Crippen molar-refractivity contribution in [2.75, 3.05) is 17.7 Å². The van der Waals surface area contributed by atoms with Crippen LogP contribution >= 0.6 is 0 Å². The van der Waals surface area contributed by atoms with Crippen LogP contribution in [0, 0.1) is 19.7 Å². The maximum absolute atomic E-state index is 13.9. The number of nitrogens with zero attached hydrogens (tertiary/aromatic N) is 2. The van der Waals surface area contributed by atoms with E-state index >= 15 is 0 Å². The molecule has 0 saturated heterocycles. The third-order valence-corrected chi connectivity index (χ3v) is 3.52. The Morgan fingerprint density at radius 2 is 2.14 bits per heavy atom. The van der Waals surface area contributed by atoms with E-state index in [9.17, 15) is 9.18 Å². The van der Waals surface area contributed by atoms with Crippen LogP contribution < -0.4 is 10.6 Å². The van der Waals surface area contributed by atoms with Gasteiger partial charge < -0.3 is 10.1 Å². The number of aromatic nitrogens is 2. The number of hydrogen-bond acceptors (Lipinski definition) is 4. The third kappa shape index (κ3) is 3.36. The number of anilines is 2. The number of methoxy groups -OCH3 is 1. The number of nitrogens with one attached hydrogen (secondary N) is 2. The Balaban J connectivity index is 2.08. The molecule has 0 aliphatic rings. The van der Waals surface area contributed by atoms with E-state index < -0.39 is 11.9 Å². The fourth-order valence-corrected chi connectivity index (χ4v) is 2.15. The summed E-state index contributed by atoms with van der Waals surface area (Å²) in [6.07, 6.45) is -0.707. The molecule has 0 aliphatic carbocycles. The van der Waals surface area contributed by atoms with Gasteiger partial charge in [-0.05, 0) is 32.0 Å². The van der Waals surface area contributed by atoms with E-state index in [1.165, 1.54) is 19.2 Å². The van der Waals surface area contributed by atoms with Crippen LogP contribution in [0.4, 0.5) is 20.6 Å². The van der Waals surface area contributed by atoms with Gasteiger partial charge in [0.1, 0.15) is 5.82 Å². The number of amides is 1. The Morgan fingerprint density at radius 1 is 1.41 bits per heavy atom. The van der Waals surface area contributed by atoms with Gasteiger partial charge in [-0.3, -0.25) is 10.00 Å². The summed E-state index contributed by atoms with van der Waals surface area (Å²) in [5.41, 5.74) is 3.78. The van der Waals surface area contributed by atoms with Crippen LogP contribution in [-0.4, -0.2) is 23.0 Å². The van der Waals surface area contributed by atoms with Crippen molar-refractivity contribution in [2.24, 2.45) is 7.05 Å². The Kier molecular flexibility index (Phi) is 4.65. The first-order valence-corrected chi connectivity index (χ1v) is 6.80. The van der Waals surface area contributed by atoms with Crippen LogP contribution in [0.15, 0.2) is 18.2 Å². The fraction of sp³-hybridized carbons (Fsp3) is 0.333. The predicted molar refractivity (Wildman–Crippen MR) is 82.4 cm³/mol. The molecule has 0 spiro atoms. The molecule has 22 heavy (non-hydrogen) atoms. The van der Waals surface area contributed by atoms with Gasteiger partial charge in [0.15, 0.2) is 0 Å². The van der Waals surface area contributed by atoms with Gasteiger partial charge in [0.05, 0.1) is 18.5 Å². The highest BCUT2D eigenvalue weighted by molar-refractivity contribution is 5.84. The quantitative estimate of drug-likeness (QED) is 0.911. The average molecular weight is 306 g/mol. The van der Waals surface area contributed by atoms with E-state index in [1.54, 1.807) is 6.07 Å². The van der Waals surface area contributed by atoms with Gasteiger partial charge in [-0.1, -0.05) is 0 Å². The average Bonchev–Trinajstić information content (AvgIpc) is 2.72. The largest absolute Gasteiger partial charge is 0.453 e. The van der Waals surface area contributed by atoms with Crippen LogP contribution in [0.5, 0.6) is 0 Å². The highest BCUT2D eigenvalue weighted by Gasteiger charge is 2.10. The minimum absolute atomic E-state index is 0.0751. The van der Waals surface area contributed by atoms with Crippen LogP contribution in [-0.2, 0) is 18.3 Å². The van der Waals surface area contributed by atoms with Crippen LogP contribution in [0.1, 0.15) is 17.0 Å². The number of ether oxygens (including phenoxy) is 1. The molecule has 6 nitrogen and oxygen atoms in total. The molecule has 1 aromatic carbocycles. The minimum Gasteiger partial charge on any atom is -0.453 e. The molecule has 0 saturated carbocycles. The molecule has 0 atom stereocenters. The topological polar surface area (TPSA) is 68.2 Å². The van der Waals surface area contributed by atoms with Gasteiger partial charge in [0.2, 0.25) is 0 Å². The Labute approximate surface area is 128 Å². The standard InChI is InChI=1S/C15H19FN4O2/c1-9-12(10(2)20(3)19-9)8-17-11-5-6-14(13(16)7-11)18-15(21)22-4/h5-7,17H,8H2,1-4H3,(H,18,21). The zero-order chi connectivity index (χ0) is 16.3. The minimum atomic E-state index is -0.707. The van der Waals surface area contributed by atoms with E-state index in [1.807, 2.05) is 25.6 Å². The second-order valence-electron chi connectivity index (χ2n) is 4.94. The molecule has 7 heteroatoms. The van der Waals surface area contributed by atoms with Crippen molar-refractivity contribution in [3.05, 3.63) is 41.0 Å². The summed E-state index contributed by atoms with van der Waals surface area (Å²) in [7, 11) is 3.11. The second kappa shape index (κ2) is 6.46. The van der Waals surface area contributed by atoms with E-state index in [0.717, 1.165) is 17.0 Å². The summed E-state index contributed by atoms with van der Waals surface area (Å²) >= 11 is 0. The van der Waals surface area contributed by atoms with Gasteiger partial charge in [0.25, 0.3) is 0 Å². The summed E-state index contributed by atoms with van der Waals surface area (Å²) < 4.78 is 20.2. The summed E-state index contributed by atoms with van der Waals surface area (Å²) in [4.78, 5) is 11.1. The summed E-state index contributed by atoms with van der Waals surface area (Å²) in [5, 5.41) is 9.80. The maximum Gasteiger partial charge on any atom is 0.411 e. The fourth-order valence-electron chi connectivity index (χ4n) is 2.15. The molecule has 0 fully saturated rings. The van der Waals surface area contributed by atoms with Crippen molar-refractivity contribution in [3.63, 3.8) is 0 Å². The number of rotatable bonds is 4. The van der Waals surface area contributed by atoms with Crippen molar-refractivity contribution in [1.82, 2.24) is 9.78 Å². The van der Waals surface area contributed by atoms with Crippen LogP contribution in [0.25, 0.3) is 0 Å². The molecule has 1 aromatic heterocycles.